The number of hydrogen-bond acceptors (Lipinski definition) is 4. The van der Waals surface area contributed by atoms with Crippen molar-refractivity contribution in [2.45, 2.75) is 13.0 Å². The Kier molecular flexibility index (Phi) is 2.45. The molecule has 14 heavy (non-hydrogen) atoms. The van der Waals surface area contributed by atoms with Gasteiger partial charge in [0.2, 0.25) is 0 Å². The highest BCUT2D eigenvalue weighted by atomic mass is 16.5. The molecular weight excluding hydrogens is 182 g/mol. The van der Waals surface area contributed by atoms with E-state index >= 15 is 0 Å². The van der Waals surface area contributed by atoms with Gasteiger partial charge >= 0.3 is 5.97 Å². The van der Waals surface area contributed by atoms with E-state index in [1.807, 2.05) is 6.07 Å². The number of ether oxygens (including phenoxy) is 2. The van der Waals surface area contributed by atoms with Crippen LogP contribution in [0.25, 0.3) is 0 Å². The Morgan fingerprint density at radius 2 is 2.50 bits per heavy atom. The molecule has 1 aliphatic rings. The van der Waals surface area contributed by atoms with Crippen LogP contribution in [-0.2, 0) is 22.5 Å². The Balaban J connectivity index is 2.46. The second-order valence-electron chi connectivity index (χ2n) is 3.11. The largest absolute Gasteiger partial charge is 0.462 e. The molecule has 0 aliphatic carbocycles. The van der Waals surface area contributed by atoms with Crippen LogP contribution in [0.1, 0.15) is 21.6 Å². The maximum atomic E-state index is 11.5. The first kappa shape index (κ1) is 9.15. The summed E-state index contributed by atoms with van der Waals surface area (Å²) in [4.78, 5) is 15.6. The van der Waals surface area contributed by atoms with Crippen molar-refractivity contribution in [3.63, 3.8) is 0 Å². The van der Waals surface area contributed by atoms with Crippen LogP contribution in [0, 0.1) is 0 Å². The molecule has 0 fully saturated rings. The van der Waals surface area contributed by atoms with Gasteiger partial charge in [0.1, 0.15) is 0 Å². The Morgan fingerprint density at radius 1 is 1.64 bits per heavy atom. The minimum atomic E-state index is -0.286. The summed E-state index contributed by atoms with van der Waals surface area (Å²) in [6, 6.07) is 1.86. The lowest BCUT2D eigenvalue weighted by atomic mass is 10.0. The van der Waals surface area contributed by atoms with E-state index in [0.717, 1.165) is 12.0 Å². The molecule has 0 amide bonds. The minimum Gasteiger partial charge on any atom is -0.462 e. The summed E-state index contributed by atoms with van der Waals surface area (Å²) in [5.74, 6) is -0.286. The molecule has 1 aromatic rings. The van der Waals surface area contributed by atoms with E-state index in [4.69, 9.17) is 9.47 Å². The number of rotatable bonds is 2. The van der Waals surface area contributed by atoms with Gasteiger partial charge in [0.05, 0.1) is 24.5 Å². The third-order valence-corrected chi connectivity index (χ3v) is 2.21. The lowest BCUT2D eigenvalue weighted by molar-refractivity contribution is 0.0473. The molecule has 74 valence electrons. The van der Waals surface area contributed by atoms with E-state index in [-0.39, 0.29) is 5.97 Å². The highest BCUT2D eigenvalue weighted by Gasteiger charge is 2.22. The molecule has 0 atom stereocenters. The number of methoxy groups -OCH3 is 1. The predicted octanol–water partition coefficient (Wildman–Crippen LogP) is 0.941. The van der Waals surface area contributed by atoms with E-state index in [2.05, 4.69) is 4.98 Å². The molecule has 2 rings (SSSR count). The summed E-state index contributed by atoms with van der Waals surface area (Å²) in [5, 5.41) is 0. The van der Waals surface area contributed by atoms with Crippen molar-refractivity contribution in [3.8, 4) is 0 Å². The fourth-order valence-corrected chi connectivity index (χ4v) is 1.58. The second kappa shape index (κ2) is 3.75. The molecule has 0 spiro atoms. The highest BCUT2D eigenvalue weighted by Crippen LogP contribution is 2.19. The van der Waals surface area contributed by atoms with Gasteiger partial charge in [0.25, 0.3) is 0 Å². The molecule has 0 aromatic carbocycles. The van der Waals surface area contributed by atoms with Crippen molar-refractivity contribution in [2.75, 3.05) is 13.7 Å². The number of carbonyl (C=O) groups excluding carboxylic acids is 1. The first-order chi connectivity index (χ1) is 6.83. The van der Waals surface area contributed by atoms with E-state index < -0.39 is 0 Å². The number of nitrogens with zero attached hydrogens (tertiary/aromatic N) is 1. The summed E-state index contributed by atoms with van der Waals surface area (Å²) in [6.07, 6.45) is 2.46. The van der Waals surface area contributed by atoms with E-state index in [1.54, 1.807) is 13.3 Å². The first-order valence-corrected chi connectivity index (χ1v) is 4.45. The average molecular weight is 193 g/mol. The van der Waals surface area contributed by atoms with Gasteiger partial charge in [0, 0.05) is 19.7 Å². The minimum absolute atomic E-state index is 0.286. The number of cyclic esters (lactones) is 1. The Morgan fingerprint density at radius 3 is 3.29 bits per heavy atom. The molecule has 1 aliphatic heterocycles. The van der Waals surface area contributed by atoms with Gasteiger partial charge in [-0.3, -0.25) is 4.98 Å². The lowest BCUT2D eigenvalue weighted by Gasteiger charge is -2.17. The molecule has 4 nitrogen and oxygen atoms in total. The number of hydrogen-bond donors (Lipinski definition) is 0. The Hall–Kier alpha value is -1.42. The SMILES string of the molecule is COCc1nccc2c1C(=O)OCC2. The van der Waals surface area contributed by atoms with Gasteiger partial charge < -0.3 is 9.47 Å². The zero-order chi connectivity index (χ0) is 9.97. The summed E-state index contributed by atoms with van der Waals surface area (Å²) in [6.45, 7) is 0.806. The number of pyridine rings is 1. The molecule has 0 unspecified atom stereocenters. The first-order valence-electron chi connectivity index (χ1n) is 4.45. The topological polar surface area (TPSA) is 48.4 Å². The van der Waals surface area contributed by atoms with Crippen molar-refractivity contribution < 1.29 is 14.3 Å². The van der Waals surface area contributed by atoms with Crippen molar-refractivity contribution in [2.24, 2.45) is 0 Å². The third-order valence-electron chi connectivity index (χ3n) is 2.21. The lowest BCUT2D eigenvalue weighted by Crippen LogP contribution is -2.20. The molecule has 2 heterocycles. The van der Waals surface area contributed by atoms with Gasteiger partial charge in [-0.05, 0) is 11.6 Å². The predicted molar refractivity (Wildman–Crippen MR) is 48.9 cm³/mol. The highest BCUT2D eigenvalue weighted by molar-refractivity contribution is 5.93. The van der Waals surface area contributed by atoms with Crippen LogP contribution in [0.2, 0.25) is 0 Å². The van der Waals surface area contributed by atoms with E-state index in [9.17, 15) is 4.79 Å². The Labute approximate surface area is 81.9 Å². The van der Waals surface area contributed by atoms with Crippen molar-refractivity contribution in [3.05, 3.63) is 29.1 Å². The zero-order valence-corrected chi connectivity index (χ0v) is 7.95. The summed E-state index contributed by atoms with van der Waals surface area (Å²) in [5.41, 5.74) is 2.25. The molecule has 1 aromatic heterocycles. The zero-order valence-electron chi connectivity index (χ0n) is 7.95. The standard InChI is InChI=1S/C10H11NO3/c1-13-6-8-9-7(2-4-11-8)3-5-14-10(9)12/h2,4H,3,5-6H2,1H3. The third kappa shape index (κ3) is 1.48. The van der Waals surface area contributed by atoms with Gasteiger partial charge in [-0.25, -0.2) is 4.79 Å². The van der Waals surface area contributed by atoms with E-state index in [0.29, 0.717) is 24.5 Å². The van der Waals surface area contributed by atoms with Gasteiger partial charge in [-0.2, -0.15) is 0 Å². The van der Waals surface area contributed by atoms with Gasteiger partial charge in [-0.1, -0.05) is 0 Å². The Bertz CT molecular complexity index is 362. The normalized spacial score (nSPS) is 14.8. The van der Waals surface area contributed by atoms with Crippen molar-refractivity contribution in [1.29, 1.82) is 0 Å². The number of esters is 1. The van der Waals surface area contributed by atoms with Crippen LogP contribution in [0.3, 0.4) is 0 Å². The molecule has 0 saturated heterocycles. The number of aromatic nitrogens is 1. The fraction of sp³-hybridized carbons (Fsp3) is 0.400. The smallest absolute Gasteiger partial charge is 0.340 e. The summed E-state index contributed by atoms with van der Waals surface area (Å²) >= 11 is 0. The van der Waals surface area contributed by atoms with Crippen molar-refractivity contribution >= 4 is 5.97 Å². The molecule has 0 bridgehead atoms. The number of fused-ring (bicyclic) bond motifs is 1. The maximum Gasteiger partial charge on any atom is 0.340 e. The van der Waals surface area contributed by atoms with Crippen molar-refractivity contribution in [1.82, 2.24) is 4.98 Å². The monoisotopic (exact) mass is 193 g/mol. The quantitative estimate of drug-likeness (QED) is 0.656. The van der Waals surface area contributed by atoms with Crippen LogP contribution >= 0.6 is 0 Å². The van der Waals surface area contributed by atoms with Gasteiger partial charge in [0.15, 0.2) is 0 Å². The van der Waals surface area contributed by atoms with Crippen LogP contribution in [-0.4, -0.2) is 24.7 Å². The van der Waals surface area contributed by atoms with Crippen LogP contribution in [0.15, 0.2) is 12.3 Å². The number of carbonyl (C=O) groups is 1. The maximum absolute atomic E-state index is 11.5. The van der Waals surface area contributed by atoms with Gasteiger partial charge in [-0.15, -0.1) is 0 Å². The second-order valence-corrected chi connectivity index (χ2v) is 3.11. The molecule has 4 heteroatoms. The molecule has 0 saturated carbocycles. The molecule has 0 radical (unpaired) electrons. The molecule has 0 N–H and O–H groups in total. The molecular formula is C10H11NO3. The van der Waals surface area contributed by atoms with Crippen LogP contribution in [0.4, 0.5) is 0 Å². The van der Waals surface area contributed by atoms with Crippen LogP contribution in [0.5, 0.6) is 0 Å². The average Bonchev–Trinajstić information content (AvgIpc) is 2.19. The fourth-order valence-electron chi connectivity index (χ4n) is 1.58. The summed E-state index contributed by atoms with van der Waals surface area (Å²) in [7, 11) is 1.58. The summed E-state index contributed by atoms with van der Waals surface area (Å²) < 4.78 is 9.93. The van der Waals surface area contributed by atoms with E-state index in [1.165, 1.54) is 0 Å². The van der Waals surface area contributed by atoms with Crippen LogP contribution < -0.4 is 0 Å².